The minimum atomic E-state index is -1.05. The second-order valence-corrected chi connectivity index (χ2v) is 14.6. The van der Waals surface area contributed by atoms with Crippen molar-refractivity contribution in [2.24, 2.45) is 0 Å². The number of pyridine rings is 3. The normalized spacial score (nSPS) is 12.9. The van der Waals surface area contributed by atoms with Crippen molar-refractivity contribution in [1.29, 1.82) is 0 Å². The summed E-state index contributed by atoms with van der Waals surface area (Å²) < 4.78 is 5.35. The van der Waals surface area contributed by atoms with Gasteiger partial charge in [0.25, 0.3) is 0 Å². The molecular weight excluding hydrogens is 769 g/mol. The highest BCUT2D eigenvalue weighted by molar-refractivity contribution is 6.12. The van der Waals surface area contributed by atoms with Gasteiger partial charge in [0.15, 0.2) is 11.4 Å². The molecule has 306 valence electrons. The number of carboxylic acid groups (broad SMARTS) is 3. The Labute approximate surface area is 341 Å². The Balaban J connectivity index is 0.000000136. The lowest BCUT2D eigenvalue weighted by Gasteiger charge is -2.09. The van der Waals surface area contributed by atoms with Crippen LogP contribution in [0.5, 0.6) is 0 Å². The molecule has 9 rings (SSSR count). The molecule has 60 heavy (non-hydrogen) atoms. The van der Waals surface area contributed by atoms with Gasteiger partial charge in [-0.15, -0.1) is 0 Å². The summed E-state index contributed by atoms with van der Waals surface area (Å²) in [7, 11) is 1.67. The van der Waals surface area contributed by atoms with Crippen LogP contribution in [-0.4, -0.2) is 80.5 Å². The van der Waals surface area contributed by atoms with E-state index in [9.17, 15) is 29.7 Å². The summed E-state index contributed by atoms with van der Waals surface area (Å²) in [5, 5.41) is 52.0. The molecule has 0 saturated heterocycles. The van der Waals surface area contributed by atoms with Gasteiger partial charge in [0.05, 0.1) is 53.5 Å². The molecule has 0 aliphatic rings. The first-order valence-electron chi connectivity index (χ1n) is 18.9. The van der Waals surface area contributed by atoms with Gasteiger partial charge in [-0.1, -0.05) is 18.2 Å². The lowest BCUT2D eigenvalue weighted by molar-refractivity contribution is 0.0679. The van der Waals surface area contributed by atoms with Gasteiger partial charge in [0.1, 0.15) is 5.69 Å². The quantitative estimate of drug-likeness (QED) is 0.0753. The smallest absolute Gasteiger partial charge is 0.354 e. The number of benzene rings is 3. The average Bonchev–Trinajstić information content (AvgIpc) is 3.91. The first-order chi connectivity index (χ1) is 28.6. The third-order valence-corrected chi connectivity index (χ3v) is 10.7. The van der Waals surface area contributed by atoms with Crippen LogP contribution in [0.4, 0.5) is 0 Å². The number of hydrogen-bond acceptors (Lipinski definition) is 9. The Bertz CT molecular complexity index is 3140. The summed E-state index contributed by atoms with van der Waals surface area (Å²) in [5.41, 5.74) is 9.28. The third-order valence-electron chi connectivity index (χ3n) is 10.7. The van der Waals surface area contributed by atoms with Crippen molar-refractivity contribution in [3.05, 3.63) is 124 Å². The van der Waals surface area contributed by atoms with Crippen LogP contribution in [0.25, 0.3) is 65.4 Å². The Hall–Kier alpha value is -7.20. The molecule has 0 saturated carbocycles. The van der Waals surface area contributed by atoms with Crippen molar-refractivity contribution >= 4 is 83.3 Å². The minimum Gasteiger partial charge on any atom is -0.477 e. The van der Waals surface area contributed by atoms with Crippen molar-refractivity contribution in [3.63, 3.8) is 0 Å². The number of aliphatic hydroxyl groups excluding tert-OH is 2. The molecule has 0 bridgehead atoms. The van der Waals surface area contributed by atoms with E-state index in [4.69, 9.17) is 14.9 Å². The predicted octanol–water partition coefficient (Wildman–Crippen LogP) is 8.67. The van der Waals surface area contributed by atoms with Crippen LogP contribution in [0.1, 0.15) is 98.4 Å². The largest absolute Gasteiger partial charge is 0.477 e. The lowest BCUT2D eigenvalue weighted by atomic mass is 10.0. The summed E-state index contributed by atoms with van der Waals surface area (Å²) in [6.45, 7) is 8.92. The Kier molecular flexibility index (Phi) is 11.1. The fourth-order valence-electron chi connectivity index (χ4n) is 7.42. The fourth-order valence-corrected chi connectivity index (χ4v) is 7.42. The van der Waals surface area contributed by atoms with E-state index in [1.54, 1.807) is 47.1 Å². The summed E-state index contributed by atoms with van der Waals surface area (Å²) in [6, 6.07) is 18.8. The molecule has 0 radical (unpaired) electrons. The van der Waals surface area contributed by atoms with Gasteiger partial charge in [0.2, 0.25) is 0 Å². The number of carboxylic acids is 3. The Morgan fingerprint density at radius 1 is 0.533 bits per heavy atom. The molecule has 15 nitrogen and oxygen atoms in total. The molecule has 8 N–H and O–H groups in total. The standard InChI is InChI=1S/C16H16N2O3.C15H14N2O3.C14H12N2O3/c1-8-14-11-6-10(9(2)21-3)4-5-12(11)18-13(14)7-17-15(8)16(19)20;1-7-13-10-5-9(8(2)18)3-4-11(10)17-12(13)6-16-14(7)15(19)20;1-7(17)8-2-3-11-9(4-8)10-5-12(14(18)19)15-6-13(10)16-11/h4-7,9,18H,1-3H3,(H,19,20);3-6,8,17-18H,1-2H3,(H,19,20);2-7,16-17H,1H3,(H,18,19). The number of ether oxygens (including phenoxy) is 1. The van der Waals surface area contributed by atoms with E-state index < -0.39 is 30.1 Å². The Morgan fingerprint density at radius 2 is 0.933 bits per heavy atom. The predicted molar refractivity (Wildman–Crippen MR) is 228 cm³/mol. The first-order valence-corrected chi connectivity index (χ1v) is 18.9. The van der Waals surface area contributed by atoms with E-state index in [2.05, 4.69) is 29.9 Å². The number of rotatable bonds is 7. The third kappa shape index (κ3) is 7.59. The highest BCUT2D eigenvalue weighted by Gasteiger charge is 2.18. The van der Waals surface area contributed by atoms with E-state index in [0.29, 0.717) is 11.1 Å². The second-order valence-electron chi connectivity index (χ2n) is 14.6. The molecule has 3 unspecified atom stereocenters. The number of nitrogens with zero attached hydrogens (tertiary/aromatic N) is 3. The number of aromatic carboxylic acids is 3. The lowest BCUT2D eigenvalue weighted by Crippen LogP contribution is -2.03. The van der Waals surface area contributed by atoms with Crippen LogP contribution in [0.2, 0.25) is 0 Å². The Morgan fingerprint density at radius 3 is 1.38 bits per heavy atom. The molecule has 9 aromatic rings. The average molecular weight is 811 g/mol. The molecular formula is C45H42N6O9. The maximum atomic E-state index is 11.3. The number of aromatic nitrogens is 6. The van der Waals surface area contributed by atoms with E-state index in [1.165, 1.54) is 12.4 Å². The zero-order valence-electron chi connectivity index (χ0n) is 33.4. The van der Waals surface area contributed by atoms with E-state index in [0.717, 1.165) is 82.1 Å². The van der Waals surface area contributed by atoms with Crippen molar-refractivity contribution in [2.45, 2.75) is 52.9 Å². The SMILES string of the molecule is CC(O)c1ccc2[nH]c3cnc(C(=O)O)cc3c2c1.COC(C)c1ccc2[nH]c3cnc(C(=O)O)c(C)c3c2c1.Cc1c(C(=O)O)ncc2[nH]c3ccc(C(C)O)cc3c12. The van der Waals surface area contributed by atoms with Gasteiger partial charge < -0.3 is 45.2 Å². The summed E-state index contributed by atoms with van der Waals surface area (Å²) in [5.74, 6) is -3.10. The minimum absolute atomic E-state index is 0.0100. The van der Waals surface area contributed by atoms with Crippen molar-refractivity contribution < 1.29 is 44.7 Å². The topological polar surface area (TPSA) is 248 Å². The number of aryl methyl sites for hydroxylation is 2. The van der Waals surface area contributed by atoms with Crippen molar-refractivity contribution in [3.8, 4) is 0 Å². The molecule has 0 amide bonds. The monoisotopic (exact) mass is 810 g/mol. The summed E-state index contributed by atoms with van der Waals surface area (Å²) in [6.07, 6.45) is 3.49. The molecule has 6 heterocycles. The van der Waals surface area contributed by atoms with Crippen LogP contribution in [0.3, 0.4) is 0 Å². The maximum absolute atomic E-state index is 11.3. The van der Waals surface area contributed by atoms with Gasteiger partial charge in [-0.2, -0.15) is 0 Å². The molecule has 0 fully saturated rings. The van der Waals surface area contributed by atoms with Gasteiger partial charge in [-0.3, -0.25) is 0 Å². The summed E-state index contributed by atoms with van der Waals surface area (Å²) >= 11 is 0. The zero-order valence-corrected chi connectivity index (χ0v) is 33.4. The van der Waals surface area contributed by atoms with Gasteiger partial charge >= 0.3 is 17.9 Å². The number of hydrogen-bond donors (Lipinski definition) is 8. The van der Waals surface area contributed by atoms with Crippen molar-refractivity contribution in [2.75, 3.05) is 7.11 Å². The molecule has 3 atom stereocenters. The maximum Gasteiger partial charge on any atom is 0.354 e. The number of nitrogens with one attached hydrogen (secondary N) is 3. The number of aliphatic hydroxyl groups is 2. The number of fused-ring (bicyclic) bond motifs is 9. The van der Waals surface area contributed by atoms with Crippen LogP contribution in [0, 0.1) is 13.8 Å². The van der Waals surface area contributed by atoms with E-state index in [1.807, 2.05) is 61.5 Å². The van der Waals surface area contributed by atoms with Crippen LogP contribution >= 0.6 is 0 Å². The van der Waals surface area contributed by atoms with Crippen LogP contribution in [-0.2, 0) is 4.74 Å². The molecule has 0 aliphatic heterocycles. The van der Waals surface area contributed by atoms with Crippen LogP contribution in [0.15, 0.2) is 79.3 Å². The number of H-pyrrole nitrogens is 3. The first kappa shape index (κ1) is 41.0. The van der Waals surface area contributed by atoms with E-state index >= 15 is 0 Å². The number of carbonyl (C=O) groups is 3. The molecule has 0 spiro atoms. The molecule has 15 heteroatoms. The molecule has 0 aliphatic carbocycles. The van der Waals surface area contributed by atoms with Gasteiger partial charge in [-0.05, 0) is 105 Å². The van der Waals surface area contributed by atoms with Gasteiger partial charge in [0, 0.05) is 56.0 Å². The summed E-state index contributed by atoms with van der Waals surface area (Å²) in [4.78, 5) is 54.9. The van der Waals surface area contributed by atoms with Crippen LogP contribution < -0.4 is 0 Å². The van der Waals surface area contributed by atoms with Crippen molar-refractivity contribution in [1.82, 2.24) is 29.9 Å². The van der Waals surface area contributed by atoms with E-state index in [-0.39, 0.29) is 23.2 Å². The molecule has 6 aromatic heterocycles. The number of methoxy groups -OCH3 is 1. The van der Waals surface area contributed by atoms with Gasteiger partial charge in [-0.25, -0.2) is 29.3 Å². The number of aromatic amines is 3. The zero-order chi connectivity index (χ0) is 43.2. The highest BCUT2D eigenvalue weighted by Crippen LogP contribution is 2.33. The molecule has 3 aromatic carbocycles. The highest BCUT2D eigenvalue weighted by atomic mass is 16.5. The fraction of sp³-hybridized carbons (Fsp3) is 0.200. The second kappa shape index (κ2) is 16.2.